The van der Waals surface area contributed by atoms with E-state index in [1.165, 1.54) is 13.2 Å². The number of carboxylic acids is 1. The highest BCUT2D eigenvalue weighted by molar-refractivity contribution is 5.81. The number of carbonyl (C=O) groups is 2. The number of aromatic hydroxyl groups is 1. The van der Waals surface area contributed by atoms with Crippen molar-refractivity contribution in [1.29, 1.82) is 0 Å². The van der Waals surface area contributed by atoms with Crippen molar-refractivity contribution >= 4 is 12.1 Å². The molecular weight excluding hydrogens is 410 g/mol. The zero-order chi connectivity index (χ0) is 22.7. The van der Waals surface area contributed by atoms with Gasteiger partial charge in [-0.15, -0.1) is 0 Å². The maximum atomic E-state index is 12.4. The first-order valence-electron chi connectivity index (χ1n) is 10.2. The number of hydrogen-bond donors (Lipinski definition) is 3. The highest BCUT2D eigenvalue weighted by atomic mass is 16.5. The molecule has 3 N–H and O–H groups in total. The predicted octanol–water partition coefficient (Wildman–Crippen LogP) is 3.94. The number of methoxy groups -OCH3 is 1. The van der Waals surface area contributed by atoms with Crippen LogP contribution in [0.25, 0.3) is 11.1 Å². The van der Waals surface area contributed by atoms with E-state index in [4.69, 9.17) is 9.47 Å². The van der Waals surface area contributed by atoms with Crippen LogP contribution in [0, 0.1) is 0 Å². The molecule has 3 aromatic rings. The number of alkyl carbamates (subject to hydrolysis) is 1. The number of nitrogens with one attached hydrogen (secondary N) is 1. The molecule has 0 bridgehead atoms. The molecule has 0 spiro atoms. The number of carbonyl (C=O) groups excluding carboxylic acids is 1. The summed E-state index contributed by atoms with van der Waals surface area (Å²) < 4.78 is 10.5. The van der Waals surface area contributed by atoms with Crippen LogP contribution in [-0.2, 0) is 16.0 Å². The van der Waals surface area contributed by atoms with Crippen molar-refractivity contribution in [2.45, 2.75) is 18.4 Å². The fourth-order valence-corrected chi connectivity index (χ4v) is 4.05. The summed E-state index contributed by atoms with van der Waals surface area (Å²) in [7, 11) is 1.47. The molecule has 1 aliphatic carbocycles. The van der Waals surface area contributed by atoms with Gasteiger partial charge < -0.3 is 25.0 Å². The second-order valence-electron chi connectivity index (χ2n) is 7.56. The Bertz CT molecular complexity index is 1110. The van der Waals surface area contributed by atoms with E-state index in [9.17, 15) is 19.8 Å². The van der Waals surface area contributed by atoms with Crippen molar-refractivity contribution in [3.05, 3.63) is 83.4 Å². The lowest BCUT2D eigenvalue weighted by molar-refractivity contribution is -0.139. The number of phenolic OH excluding ortho intramolecular Hbond substituents is 1. The van der Waals surface area contributed by atoms with Crippen LogP contribution in [0.2, 0.25) is 0 Å². The molecule has 3 aromatic carbocycles. The molecular formula is C25H23NO6. The number of benzene rings is 3. The van der Waals surface area contributed by atoms with Crippen LogP contribution in [-0.4, -0.2) is 42.0 Å². The topological polar surface area (TPSA) is 105 Å². The molecule has 7 heteroatoms. The SMILES string of the molecule is COc1ccc(C[C@@H](NC(=O)OCC2c3ccccc3-c3ccccc32)C(=O)O)c(O)c1. The highest BCUT2D eigenvalue weighted by Gasteiger charge is 2.30. The normalized spacial score (nSPS) is 13.0. The van der Waals surface area contributed by atoms with E-state index in [0.717, 1.165) is 22.3 Å². The van der Waals surface area contributed by atoms with Gasteiger partial charge in [-0.2, -0.15) is 0 Å². The smallest absolute Gasteiger partial charge is 0.407 e. The Morgan fingerprint density at radius 3 is 2.19 bits per heavy atom. The predicted molar refractivity (Wildman–Crippen MR) is 118 cm³/mol. The summed E-state index contributed by atoms with van der Waals surface area (Å²) >= 11 is 0. The monoisotopic (exact) mass is 433 g/mol. The first-order valence-corrected chi connectivity index (χ1v) is 10.2. The van der Waals surface area contributed by atoms with Gasteiger partial charge in [0.25, 0.3) is 0 Å². The Labute approximate surface area is 185 Å². The Morgan fingerprint density at radius 1 is 1.00 bits per heavy atom. The average Bonchev–Trinajstić information content (AvgIpc) is 3.12. The lowest BCUT2D eigenvalue weighted by Gasteiger charge is -2.18. The van der Waals surface area contributed by atoms with Crippen LogP contribution in [0.1, 0.15) is 22.6 Å². The summed E-state index contributed by atoms with van der Waals surface area (Å²) in [5, 5.41) is 22.0. The molecule has 0 saturated heterocycles. The van der Waals surface area contributed by atoms with Gasteiger partial charge in [-0.3, -0.25) is 0 Å². The standard InChI is InChI=1S/C25H23NO6/c1-31-16-11-10-15(23(27)13-16)12-22(24(28)29)26-25(30)32-14-21-19-8-4-2-6-17(19)18-7-3-5-9-20(18)21/h2-11,13,21-22,27H,12,14H2,1H3,(H,26,30)(H,28,29)/t22-/m1/s1. The van der Waals surface area contributed by atoms with Gasteiger partial charge in [0.05, 0.1) is 7.11 Å². The zero-order valence-electron chi connectivity index (χ0n) is 17.4. The minimum atomic E-state index is -1.26. The number of amides is 1. The van der Waals surface area contributed by atoms with Crippen LogP contribution >= 0.6 is 0 Å². The second-order valence-corrected chi connectivity index (χ2v) is 7.56. The van der Waals surface area contributed by atoms with Crippen LogP contribution in [0.5, 0.6) is 11.5 Å². The molecule has 4 rings (SSSR count). The van der Waals surface area contributed by atoms with Crippen molar-refractivity contribution in [2.24, 2.45) is 0 Å². The number of phenols is 1. The maximum absolute atomic E-state index is 12.4. The quantitative estimate of drug-likeness (QED) is 0.521. The van der Waals surface area contributed by atoms with E-state index in [1.807, 2.05) is 48.5 Å². The number of hydrogen-bond acceptors (Lipinski definition) is 5. The minimum absolute atomic E-state index is 0.0833. The van der Waals surface area contributed by atoms with Crippen LogP contribution in [0.4, 0.5) is 4.79 Å². The third-order valence-corrected chi connectivity index (χ3v) is 5.65. The molecule has 0 unspecified atom stereocenters. The highest BCUT2D eigenvalue weighted by Crippen LogP contribution is 2.44. The van der Waals surface area contributed by atoms with Crippen LogP contribution in [0.15, 0.2) is 66.7 Å². The molecule has 0 heterocycles. The maximum Gasteiger partial charge on any atom is 0.407 e. The molecule has 1 amide bonds. The van der Waals surface area contributed by atoms with Crippen molar-refractivity contribution < 1.29 is 29.3 Å². The van der Waals surface area contributed by atoms with Crippen molar-refractivity contribution in [1.82, 2.24) is 5.32 Å². The molecule has 0 saturated carbocycles. The lowest BCUT2D eigenvalue weighted by atomic mass is 9.98. The van der Waals surface area contributed by atoms with Gasteiger partial charge in [0.15, 0.2) is 0 Å². The van der Waals surface area contributed by atoms with E-state index >= 15 is 0 Å². The third kappa shape index (κ3) is 4.23. The van der Waals surface area contributed by atoms with Gasteiger partial charge in [-0.25, -0.2) is 9.59 Å². The number of carboxylic acid groups (broad SMARTS) is 1. The van der Waals surface area contributed by atoms with E-state index < -0.39 is 18.1 Å². The fourth-order valence-electron chi connectivity index (χ4n) is 4.05. The Balaban J connectivity index is 1.43. The van der Waals surface area contributed by atoms with Gasteiger partial charge in [-0.05, 0) is 33.9 Å². The molecule has 1 atom stereocenters. The number of aliphatic carboxylic acids is 1. The van der Waals surface area contributed by atoms with Gasteiger partial charge in [0.2, 0.25) is 0 Å². The van der Waals surface area contributed by atoms with Crippen LogP contribution < -0.4 is 10.1 Å². The van der Waals surface area contributed by atoms with Crippen molar-refractivity contribution in [2.75, 3.05) is 13.7 Å². The summed E-state index contributed by atoms with van der Waals surface area (Å²) in [4.78, 5) is 24.1. The summed E-state index contributed by atoms with van der Waals surface area (Å²) in [6.45, 7) is 0.0833. The fraction of sp³-hybridized carbons (Fsp3) is 0.200. The number of rotatable bonds is 7. The molecule has 32 heavy (non-hydrogen) atoms. The lowest BCUT2D eigenvalue weighted by Crippen LogP contribution is -2.42. The van der Waals surface area contributed by atoms with Crippen LogP contribution in [0.3, 0.4) is 0 Å². The zero-order valence-corrected chi connectivity index (χ0v) is 17.4. The van der Waals surface area contributed by atoms with Crippen molar-refractivity contribution in [3.8, 4) is 22.6 Å². The minimum Gasteiger partial charge on any atom is -0.508 e. The van der Waals surface area contributed by atoms with Gasteiger partial charge in [0.1, 0.15) is 24.1 Å². The molecule has 0 aliphatic heterocycles. The summed E-state index contributed by atoms with van der Waals surface area (Å²) in [5.74, 6) is -1.01. The van der Waals surface area contributed by atoms with Gasteiger partial charge in [-0.1, -0.05) is 54.6 Å². The molecule has 1 aliphatic rings. The summed E-state index contributed by atoms with van der Waals surface area (Å²) in [5.41, 5.74) is 4.72. The van der Waals surface area contributed by atoms with E-state index in [0.29, 0.717) is 11.3 Å². The summed E-state index contributed by atoms with van der Waals surface area (Å²) in [6.07, 6.45) is -0.928. The third-order valence-electron chi connectivity index (χ3n) is 5.65. The Hall–Kier alpha value is -4.00. The van der Waals surface area contributed by atoms with Crippen molar-refractivity contribution in [3.63, 3.8) is 0 Å². The first-order chi connectivity index (χ1) is 15.5. The molecule has 0 radical (unpaired) electrons. The molecule has 0 aromatic heterocycles. The summed E-state index contributed by atoms with van der Waals surface area (Å²) in [6, 6.07) is 19.2. The van der Waals surface area contributed by atoms with Gasteiger partial charge >= 0.3 is 12.1 Å². The van der Waals surface area contributed by atoms with E-state index in [2.05, 4.69) is 5.32 Å². The Morgan fingerprint density at radius 2 is 1.62 bits per heavy atom. The molecule has 0 fully saturated rings. The Kier molecular flexibility index (Phi) is 5.98. The van der Waals surface area contributed by atoms with E-state index in [-0.39, 0.29) is 24.7 Å². The first kappa shape index (κ1) is 21.2. The average molecular weight is 433 g/mol. The number of ether oxygens (including phenoxy) is 2. The molecule has 164 valence electrons. The largest absolute Gasteiger partial charge is 0.508 e. The molecule has 7 nitrogen and oxygen atoms in total. The number of fused-ring (bicyclic) bond motifs is 3. The van der Waals surface area contributed by atoms with Gasteiger partial charge in [0, 0.05) is 18.4 Å². The van der Waals surface area contributed by atoms with E-state index in [1.54, 1.807) is 12.1 Å². The second kappa shape index (κ2) is 9.01.